The summed E-state index contributed by atoms with van der Waals surface area (Å²) in [7, 11) is 1.66. The molecule has 9 heteroatoms. The lowest BCUT2D eigenvalue weighted by molar-refractivity contribution is -0.160. The summed E-state index contributed by atoms with van der Waals surface area (Å²) in [6, 6.07) is 3.95. The number of alkyl carbamates (subject to hydrolysis) is 1. The van der Waals surface area contributed by atoms with Crippen LogP contribution in [0.2, 0.25) is 0 Å². The predicted octanol–water partition coefficient (Wildman–Crippen LogP) is 2.77. The molecule has 0 aliphatic rings. The fraction of sp³-hybridized carbons (Fsp3) is 0.529. The molecule has 0 fully saturated rings. The number of carbonyl (C=O) groups excluding carboxylic acids is 2. The van der Waals surface area contributed by atoms with Gasteiger partial charge in [0.05, 0.1) is 6.54 Å². The summed E-state index contributed by atoms with van der Waals surface area (Å²) in [6.07, 6.45) is -5.70. The standard InChI is InChI=1S/C17H24F3N3O3/c1-11-7-12(2)15(13(3)8-11)22-14(24)9-23(4)6-5-21-16(25)26-10-17(18,19)20/h7-8H,5-6,9-10H2,1-4H3,(H,21,25)(H,22,24). The summed E-state index contributed by atoms with van der Waals surface area (Å²) in [6.45, 7) is 4.58. The predicted molar refractivity (Wildman–Crippen MR) is 92.2 cm³/mol. The van der Waals surface area contributed by atoms with E-state index in [1.165, 1.54) is 0 Å². The number of alkyl halides is 3. The molecule has 0 saturated carbocycles. The Hall–Kier alpha value is -2.29. The highest BCUT2D eigenvalue weighted by Gasteiger charge is 2.29. The van der Waals surface area contributed by atoms with Gasteiger partial charge in [-0.15, -0.1) is 0 Å². The molecule has 1 rings (SSSR count). The summed E-state index contributed by atoms with van der Waals surface area (Å²) < 4.78 is 39.7. The molecule has 1 aromatic carbocycles. The van der Waals surface area contributed by atoms with Crippen molar-refractivity contribution < 1.29 is 27.5 Å². The van der Waals surface area contributed by atoms with Crippen LogP contribution in [0.1, 0.15) is 16.7 Å². The van der Waals surface area contributed by atoms with Gasteiger partial charge in [-0.25, -0.2) is 4.79 Å². The zero-order valence-electron chi connectivity index (χ0n) is 15.3. The summed E-state index contributed by atoms with van der Waals surface area (Å²) in [5.41, 5.74) is 3.81. The second-order valence-corrected chi connectivity index (χ2v) is 6.18. The Bertz CT molecular complexity index is 625. The van der Waals surface area contributed by atoms with Crippen molar-refractivity contribution in [1.82, 2.24) is 10.2 Å². The maximum Gasteiger partial charge on any atom is 0.422 e. The Labute approximate surface area is 150 Å². The van der Waals surface area contributed by atoms with E-state index in [4.69, 9.17) is 0 Å². The molecule has 0 bridgehead atoms. The van der Waals surface area contributed by atoms with Crippen molar-refractivity contribution in [2.24, 2.45) is 0 Å². The van der Waals surface area contributed by atoms with Crippen LogP contribution in [0.25, 0.3) is 0 Å². The van der Waals surface area contributed by atoms with Gasteiger partial charge >= 0.3 is 12.3 Å². The van der Waals surface area contributed by atoms with Crippen molar-refractivity contribution >= 4 is 17.7 Å². The molecule has 0 radical (unpaired) electrons. The molecule has 0 saturated heterocycles. The van der Waals surface area contributed by atoms with Crippen LogP contribution >= 0.6 is 0 Å². The molecule has 0 heterocycles. The van der Waals surface area contributed by atoms with E-state index < -0.39 is 18.9 Å². The third kappa shape index (κ3) is 8.19. The number of carbonyl (C=O) groups is 2. The number of rotatable bonds is 7. The van der Waals surface area contributed by atoms with Crippen molar-refractivity contribution in [3.63, 3.8) is 0 Å². The van der Waals surface area contributed by atoms with Crippen LogP contribution in [0.3, 0.4) is 0 Å². The monoisotopic (exact) mass is 375 g/mol. The minimum Gasteiger partial charge on any atom is -0.440 e. The number of anilines is 1. The maximum absolute atomic E-state index is 12.1. The number of amides is 2. The fourth-order valence-corrected chi connectivity index (χ4v) is 2.43. The van der Waals surface area contributed by atoms with E-state index in [1.807, 2.05) is 32.9 Å². The summed E-state index contributed by atoms with van der Waals surface area (Å²) in [5, 5.41) is 5.05. The minimum absolute atomic E-state index is 0.0586. The molecule has 0 atom stereocenters. The molecule has 2 amide bonds. The van der Waals surface area contributed by atoms with E-state index in [0.29, 0.717) is 0 Å². The van der Waals surface area contributed by atoms with Gasteiger partial charge in [0.15, 0.2) is 6.61 Å². The highest BCUT2D eigenvalue weighted by molar-refractivity contribution is 5.93. The van der Waals surface area contributed by atoms with Crippen LogP contribution < -0.4 is 10.6 Å². The van der Waals surface area contributed by atoms with Gasteiger partial charge < -0.3 is 15.4 Å². The average Bonchev–Trinajstić information content (AvgIpc) is 2.48. The topological polar surface area (TPSA) is 70.7 Å². The number of halogens is 3. The Kier molecular flexibility index (Phi) is 7.88. The SMILES string of the molecule is Cc1cc(C)c(NC(=O)CN(C)CCNC(=O)OCC(F)(F)F)c(C)c1. The molecule has 2 N–H and O–H groups in total. The molecule has 0 unspecified atom stereocenters. The van der Waals surface area contributed by atoms with E-state index in [-0.39, 0.29) is 25.5 Å². The van der Waals surface area contributed by atoms with Crippen LogP contribution in [0.15, 0.2) is 12.1 Å². The van der Waals surface area contributed by atoms with Gasteiger partial charge in [-0.2, -0.15) is 13.2 Å². The first-order chi connectivity index (χ1) is 12.0. The van der Waals surface area contributed by atoms with Crippen LogP contribution in [0.5, 0.6) is 0 Å². The van der Waals surface area contributed by atoms with Crippen molar-refractivity contribution in [1.29, 1.82) is 0 Å². The van der Waals surface area contributed by atoms with Gasteiger partial charge in [0, 0.05) is 18.8 Å². The largest absolute Gasteiger partial charge is 0.440 e. The summed E-state index contributed by atoms with van der Waals surface area (Å²) in [5.74, 6) is -0.220. The summed E-state index contributed by atoms with van der Waals surface area (Å²) >= 11 is 0. The van der Waals surface area contributed by atoms with Crippen molar-refractivity contribution in [3.8, 4) is 0 Å². The van der Waals surface area contributed by atoms with Crippen molar-refractivity contribution in [3.05, 3.63) is 28.8 Å². The van der Waals surface area contributed by atoms with E-state index in [0.717, 1.165) is 22.4 Å². The molecule has 6 nitrogen and oxygen atoms in total. The smallest absolute Gasteiger partial charge is 0.422 e. The van der Waals surface area contributed by atoms with E-state index >= 15 is 0 Å². The number of benzene rings is 1. The van der Waals surface area contributed by atoms with Gasteiger partial charge in [0.1, 0.15) is 0 Å². The number of likely N-dealkylation sites (N-methyl/N-ethyl adjacent to an activating group) is 1. The fourth-order valence-electron chi connectivity index (χ4n) is 2.43. The highest BCUT2D eigenvalue weighted by Crippen LogP contribution is 2.21. The number of hydrogen-bond acceptors (Lipinski definition) is 4. The number of nitrogens with zero attached hydrogens (tertiary/aromatic N) is 1. The Morgan fingerprint density at radius 2 is 1.73 bits per heavy atom. The average molecular weight is 375 g/mol. The second-order valence-electron chi connectivity index (χ2n) is 6.18. The maximum atomic E-state index is 12.1. The van der Waals surface area contributed by atoms with Crippen LogP contribution in [-0.2, 0) is 9.53 Å². The van der Waals surface area contributed by atoms with Gasteiger partial charge in [0.25, 0.3) is 0 Å². The van der Waals surface area contributed by atoms with E-state index in [9.17, 15) is 22.8 Å². The van der Waals surface area contributed by atoms with E-state index in [1.54, 1.807) is 11.9 Å². The number of ether oxygens (including phenoxy) is 1. The lowest BCUT2D eigenvalue weighted by Gasteiger charge is -2.18. The molecule has 0 aliphatic carbocycles. The molecule has 146 valence electrons. The Morgan fingerprint density at radius 3 is 2.27 bits per heavy atom. The van der Waals surface area contributed by atoms with E-state index in [2.05, 4.69) is 15.4 Å². The van der Waals surface area contributed by atoms with Gasteiger partial charge in [-0.1, -0.05) is 17.7 Å². The highest BCUT2D eigenvalue weighted by atomic mass is 19.4. The molecule has 0 aromatic heterocycles. The van der Waals surface area contributed by atoms with Crippen LogP contribution in [-0.4, -0.2) is 56.4 Å². The number of aryl methyl sites for hydroxylation is 3. The first-order valence-electron chi connectivity index (χ1n) is 8.01. The molecular formula is C17H24F3N3O3. The van der Waals surface area contributed by atoms with Crippen molar-refractivity contribution in [2.75, 3.05) is 38.6 Å². The zero-order chi connectivity index (χ0) is 19.9. The first kappa shape index (κ1) is 21.8. The molecule has 0 spiro atoms. The minimum atomic E-state index is -4.56. The van der Waals surface area contributed by atoms with Crippen molar-refractivity contribution in [2.45, 2.75) is 26.9 Å². The second kappa shape index (κ2) is 9.42. The third-order valence-corrected chi connectivity index (χ3v) is 3.48. The first-order valence-corrected chi connectivity index (χ1v) is 8.01. The lowest BCUT2D eigenvalue weighted by Crippen LogP contribution is -2.38. The molecule has 26 heavy (non-hydrogen) atoms. The normalized spacial score (nSPS) is 11.4. The molecule has 1 aromatic rings. The van der Waals surface area contributed by atoms with Crippen LogP contribution in [0, 0.1) is 20.8 Å². The van der Waals surface area contributed by atoms with Gasteiger partial charge in [0.2, 0.25) is 5.91 Å². The molecular weight excluding hydrogens is 351 g/mol. The van der Waals surface area contributed by atoms with Gasteiger partial charge in [-0.05, 0) is 38.9 Å². The number of hydrogen-bond donors (Lipinski definition) is 2. The zero-order valence-corrected chi connectivity index (χ0v) is 15.3. The quantitative estimate of drug-likeness (QED) is 0.769. The lowest BCUT2D eigenvalue weighted by atomic mass is 10.1. The Balaban J connectivity index is 2.36. The van der Waals surface area contributed by atoms with Crippen LogP contribution in [0.4, 0.5) is 23.7 Å². The van der Waals surface area contributed by atoms with Gasteiger partial charge in [-0.3, -0.25) is 9.69 Å². The third-order valence-electron chi connectivity index (χ3n) is 3.48. The number of nitrogens with one attached hydrogen (secondary N) is 2. The Morgan fingerprint density at radius 1 is 1.15 bits per heavy atom. The summed E-state index contributed by atoms with van der Waals surface area (Å²) in [4.78, 5) is 24.9. The molecule has 0 aliphatic heterocycles.